The van der Waals surface area contributed by atoms with Gasteiger partial charge < -0.3 is 10.0 Å². The van der Waals surface area contributed by atoms with Crippen LogP contribution in [0.1, 0.15) is 65.7 Å². The molecule has 0 radical (unpaired) electrons. The summed E-state index contributed by atoms with van der Waals surface area (Å²) in [5.74, 6) is 2.15. The summed E-state index contributed by atoms with van der Waals surface area (Å²) in [7, 11) is 0. The highest BCUT2D eigenvalue weighted by Crippen LogP contribution is 2.42. The Morgan fingerprint density at radius 1 is 1.05 bits per heavy atom. The monoisotopic (exact) mass is 267 g/mol. The maximum Gasteiger partial charge on any atom is 0.0688 e. The van der Waals surface area contributed by atoms with Gasteiger partial charge in [-0.05, 0) is 75.8 Å². The second-order valence-corrected chi connectivity index (χ2v) is 7.41. The topological polar surface area (TPSA) is 23.5 Å². The van der Waals surface area contributed by atoms with Crippen LogP contribution in [0.4, 0.5) is 0 Å². The molecule has 2 heteroatoms. The molecule has 0 amide bonds. The van der Waals surface area contributed by atoms with E-state index in [0.29, 0.717) is 5.92 Å². The third-order valence-electron chi connectivity index (χ3n) is 5.42. The van der Waals surface area contributed by atoms with Crippen LogP contribution in [0, 0.1) is 17.8 Å². The lowest BCUT2D eigenvalue weighted by molar-refractivity contribution is -0.0588. The molecule has 0 aromatic heterocycles. The maximum atomic E-state index is 11.2. The van der Waals surface area contributed by atoms with E-state index >= 15 is 0 Å². The molecular weight excluding hydrogens is 234 g/mol. The quantitative estimate of drug-likeness (QED) is 0.843. The molecule has 1 heterocycles. The first-order valence-electron chi connectivity index (χ1n) is 8.48. The number of hydrogen-bond donors (Lipinski definition) is 1. The summed E-state index contributed by atoms with van der Waals surface area (Å²) in [6.07, 6.45) is 8.28. The lowest BCUT2D eigenvalue weighted by Crippen LogP contribution is -2.42. The van der Waals surface area contributed by atoms with Crippen LogP contribution >= 0.6 is 0 Å². The van der Waals surface area contributed by atoms with Gasteiger partial charge in [0.05, 0.1) is 5.60 Å². The molecule has 2 rings (SSSR count). The fourth-order valence-electron chi connectivity index (χ4n) is 4.53. The lowest BCUT2D eigenvalue weighted by atomic mass is 9.67. The highest BCUT2D eigenvalue weighted by Gasteiger charge is 2.41. The minimum atomic E-state index is -0.370. The van der Waals surface area contributed by atoms with Gasteiger partial charge in [0.15, 0.2) is 0 Å². The van der Waals surface area contributed by atoms with E-state index in [1.165, 1.54) is 45.2 Å². The maximum absolute atomic E-state index is 11.2. The minimum Gasteiger partial charge on any atom is -0.390 e. The summed E-state index contributed by atoms with van der Waals surface area (Å²) in [6, 6.07) is 0. The van der Waals surface area contributed by atoms with Crippen LogP contribution in [0.25, 0.3) is 0 Å². The summed E-state index contributed by atoms with van der Waals surface area (Å²) in [6.45, 7) is 10.5. The molecule has 0 aromatic carbocycles. The summed E-state index contributed by atoms with van der Waals surface area (Å²) in [5, 5.41) is 11.2. The van der Waals surface area contributed by atoms with E-state index in [4.69, 9.17) is 0 Å². The van der Waals surface area contributed by atoms with Crippen LogP contribution in [0.3, 0.4) is 0 Å². The van der Waals surface area contributed by atoms with Gasteiger partial charge in [0.1, 0.15) is 0 Å². The Bertz CT molecular complexity index is 270. The Morgan fingerprint density at radius 3 is 2.37 bits per heavy atom. The van der Waals surface area contributed by atoms with Crippen LogP contribution in [0.2, 0.25) is 0 Å². The average molecular weight is 267 g/mol. The molecule has 2 nitrogen and oxygen atoms in total. The summed E-state index contributed by atoms with van der Waals surface area (Å²) in [4.78, 5) is 2.55. The van der Waals surface area contributed by atoms with Gasteiger partial charge in [0, 0.05) is 6.54 Å². The highest BCUT2D eigenvalue weighted by molar-refractivity contribution is 4.93. The SMILES string of the molecule is CCCN1CCCC(O)(C2CC(C)CC(C)C2)CC1. The molecule has 3 unspecified atom stereocenters. The normalized spacial score (nSPS) is 42.0. The smallest absolute Gasteiger partial charge is 0.0688 e. The van der Waals surface area contributed by atoms with E-state index in [0.717, 1.165) is 31.2 Å². The van der Waals surface area contributed by atoms with Gasteiger partial charge in [0.25, 0.3) is 0 Å². The molecule has 1 saturated carbocycles. The Balaban J connectivity index is 1.97. The molecule has 3 atom stereocenters. The highest BCUT2D eigenvalue weighted by atomic mass is 16.3. The lowest BCUT2D eigenvalue weighted by Gasteiger charge is -2.42. The van der Waals surface area contributed by atoms with Gasteiger partial charge in [-0.3, -0.25) is 0 Å². The van der Waals surface area contributed by atoms with Crippen molar-refractivity contribution < 1.29 is 5.11 Å². The molecule has 1 aliphatic heterocycles. The van der Waals surface area contributed by atoms with Crippen molar-refractivity contribution in [3.8, 4) is 0 Å². The first kappa shape index (κ1) is 15.3. The number of hydrogen-bond acceptors (Lipinski definition) is 2. The molecule has 1 aliphatic carbocycles. The fraction of sp³-hybridized carbons (Fsp3) is 1.00. The van der Waals surface area contributed by atoms with E-state index < -0.39 is 0 Å². The Kier molecular flexibility index (Phi) is 5.30. The van der Waals surface area contributed by atoms with Crippen LogP contribution in [0.15, 0.2) is 0 Å². The van der Waals surface area contributed by atoms with E-state index in [1.54, 1.807) is 0 Å². The zero-order valence-corrected chi connectivity index (χ0v) is 13.2. The molecule has 2 aliphatic rings. The third kappa shape index (κ3) is 3.95. The van der Waals surface area contributed by atoms with Crippen LogP contribution in [-0.4, -0.2) is 35.2 Å². The molecule has 0 bridgehead atoms. The van der Waals surface area contributed by atoms with Crippen molar-refractivity contribution in [2.75, 3.05) is 19.6 Å². The Labute approximate surface area is 119 Å². The molecular formula is C17H33NO. The molecule has 1 saturated heterocycles. The predicted molar refractivity (Wildman–Crippen MR) is 81.2 cm³/mol. The van der Waals surface area contributed by atoms with Gasteiger partial charge in [-0.15, -0.1) is 0 Å². The first-order chi connectivity index (χ1) is 9.03. The number of rotatable bonds is 3. The van der Waals surface area contributed by atoms with Gasteiger partial charge in [-0.1, -0.05) is 20.8 Å². The van der Waals surface area contributed by atoms with Gasteiger partial charge >= 0.3 is 0 Å². The van der Waals surface area contributed by atoms with Crippen molar-refractivity contribution in [2.45, 2.75) is 71.3 Å². The van der Waals surface area contributed by atoms with Crippen molar-refractivity contribution in [1.82, 2.24) is 4.90 Å². The van der Waals surface area contributed by atoms with E-state index in [9.17, 15) is 5.11 Å². The van der Waals surface area contributed by atoms with Crippen molar-refractivity contribution in [3.63, 3.8) is 0 Å². The fourth-order valence-corrected chi connectivity index (χ4v) is 4.53. The molecule has 19 heavy (non-hydrogen) atoms. The first-order valence-corrected chi connectivity index (χ1v) is 8.48. The second-order valence-electron chi connectivity index (χ2n) is 7.41. The van der Waals surface area contributed by atoms with Gasteiger partial charge in [-0.2, -0.15) is 0 Å². The van der Waals surface area contributed by atoms with Crippen LogP contribution < -0.4 is 0 Å². The zero-order chi connectivity index (χ0) is 13.9. The zero-order valence-electron chi connectivity index (χ0n) is 13.2. The van der Waals surface area contributed by atoms with Gasteiger partial charge in [0.2, 0.25) is 0 Å². The summed E-state index contributed by atoms with van der Waals surface area (Å²) in [5.41, 5.74) is -0.370. The minimum absolute atomic E-state index is 0.370. The Hall–Kier alpha value is -0.0800. The molecule has 0 spiro atoms. The van der Waals surface area contributed by atoms with Crippen molar-refractivity contribution in [2.24, 2.45) is 17.8 Å². The molecule has 112 valence electrons. The predicted octanol–water partition coefficient (Wildman–Crippen LogP) is 3.69. The molecule has 2 fully saturated rings. The number of nitrogens with zero attached hydrogens (tertiary/aromatic N) is 1. The number of likely N-dealkylation sites (tertiary alicyclic amines) is 1. The molecule has 1 N–H and O–H groups in total. The Morgan fingerprint density at radius 2 is 1.74 bits per heavy atom. The van der Waals surface area contributed by atoms with Crippen LogP contribution in [-0.2, 0) is 0 Å². The summed E-state index contributed by atoms with van der Waals surface area (Å²) >= 11 is 0. The molecule has 0 aromatic rings. The van der Waals surface area contributed by atoms with E-state index in [-0.39, 0.29) is 5.60 Å². The van der Waals surface area contributed by atoms with Crippen molar-refractivity contribution >= 4 is 0 Å². The summed E-state index contributed by atoms with van der Waals surface area (Å²) < 4.78 is 0. The third-order valence-corrected chi connectivity index (χ3v) is 5.42. The average Bonchev–Trinajstić information content (AvgIpc) is 2.52. The van der Waals surface area contributed by atoms with Crippen LogP contribution in [0.5, 0.6) is 0 Å². The second kappa shape index (κ2) is 6.58. The van der Waals surface area contributed by atoms with E-state index in [2.05, 4.69) is 25.7 Å². The van der Waals surface area contributed by atoms with Crippen molar-refractivity contribution in [1.29, 1.82) is 0 Å². The number of aliphatic hydroxyl groups is 1. The standard InChI is InChI=1S/C17H33NO/c1-4-8-18-9-5-6-17(19,7-10-18)16-12-14(2)11-15(3)13-16/h14-16,19H,4-13H2,1-3H3. The van der Waals surface area contributed by atoms with Gasteiger partial charge in [-0.25, -0.2) is 0 Å². The largest absolute Gasteiger partial charge is 0.390 e. The van der Waals surface area contributed by atoms with Crippen molar-refractivity contribution in [3.05, 3.63) is 0 Å². The van der Waals surface area contributed by atoms with E-state index in [1.807, 2.05) is 0 Å².